The van der Waals surface area contributed by atoms with Crippen LogP contribution in [0.15, 0.2) is 179 Å². The van der Waals surface area contributed by atoms with E-state index in [1.54, 1.807) is 0 Å². The molecule has 7 aromatic carbocycles. The zero-order valence-corrected chi connectivity index (χ0v) is 29.7. The van der Waals surface area contributed by atoms with Crippen LogP contribution in [0.5, 0.6) is 0 Å². The van der Waals surface area contributed by atoms with Crippen LogP contribution >= 0.6 is 0 Å². The molecule has 0 aliphatic carbocycles. The van der Waals surface area contributed by atoms with Crippen molar-refractivity contribution in [3.05, 3.63) is 170 Å². The summed E-state index contributed by atoms with van der Waals surface area (Å²) in [6.07, 6.45) is 0. The lowest BCUT2D eigenvalue weighted by molar-refractivity contribution is 0.633. The van der Waals surface area contributed by atoms with E-state index in [1.165, 1.54) is 0 Å². The van der Waals surface area contributed by atoms with E-state index < -0.39 is 0 Å². The van der Waals surface area contributed by atoms with Gasteiger partial charge in [-0.15, -0.1) is 0 Å². The molecule has 0 spiro atoms. The van der Waals surface area contributed by atoms with Crippen LogP contribution in [-0.4, -0.2) is 29.9 Å². The van der Waals surface area contributed by atoms with Gasteiger partial charge in [-0.05, 0) is 48.5 Å². The Bertz CT molecular complexity index is 2900. The molecule has 0 aliphatic heterocycles. The molecule has 0 radical (unpaired) electrons. The maximum absolute atomic E-state index is 6.54. The average Bonchev–Trinajstić information content (AvgIpc) is 3.85. The SMILES string of the molecule is c1ccc(-c2nc(-c3ccccc3)nc(-c3ccc4oc5c(ccc6c7cc(-c8nc(-c9ccccc9)nc(-c9ccccc9)n8)ccc7oc65)c4c3)n2)cc1. The van der Waals surface area contributed by atoms with Gasteiger partial charge in [0.2, 0.25) is 0 Å². The van der Waals surface area contributed by atoms with Crippen molar-refractivity contribution < 1.29 is 8.83 Å². The normalized spacial score (nSPS) is 11.6. The summed E-state index contributed by atoms with van der Waals surface area (Å²) in [4.78, 5) is 29.5. The Kier molecular flexibility index (Phi) is 7.31. The van der Waals surface area contributed by atoms with Crippen molar-refractivity contribution in [1.29, 1.82) is 0 Å². The molecule has 0 saturated heterocycles. The molecule has 0 fully saturated rings. The van der Waals surface area contributed by atoms with Crippen LogP contribution < -0.4 is 0 Å². The highest BCUT2D eigenvalue weighted by Crippen LogP contribution is 2.41. The van der Waals surface area contributed by atoms with Gasteiger partial charge in [0, 0.05) is 54.9 Å². The van der Waals surface area contributed by atoms with Crippen molar-refractivity contribution in [3.8, 4) is 68.3 Å². The van der Waals surface area contributed by atoms with E-state index in [2.05, 4.69) is 24.3 Å². The van der Waals surface area contributed by atoms with Gasteiger partial charge in [0.15, 0.2) is 46.1 Å². The number of furan rings is 2. The highest BCUT2D eigenvalue weighted by molar-refractivity contribution is 6.19. The van der Waals surface area contributed by atoms with Crippen LogP contribution in [-0.2, 0) is 0 Å². The smallest absolute Gasteiger partial charge is 0.178 e. The summed E-state index contributed by atoms with van der Waals surface area (Å²) in [5, 5.41) is 3.75. The first-order valence-corrected chi connectivity index (χ1v) is 18.3. The topological polar surface area (TPSA) is 104 Å². The second-order valence-electron chi connectivity index (χ2n) is 13.5. The zero-order valence-electron chi connectivity index (χ0n) is 29.7. The van der Waals surface area contributed by atoms with Gasteiger partial charge in [-0.2, -0.15) is 0 Å². The third-order valence-corrected chi connectivity index (χ3v) is 9.99. The molecule has 262 valence electrons. The minimum atomic E-state index is 0.579. The van der Waals surface area contributed by atoms with Gasteiger partial charge in [-0.1, -0.05) is 121 Å². The molecule has 0 N–H and O–H groups in total. The van der Waals surface area contributed by atoms with Crippen molar-refractivity contribution >= 4 is 43.9 Å². The van der Waals surface area contributed by atoms with E-state index in [0.717, 1.165) is 66.1 Å². The fourth-order valence-electron chi connectivity index (χ4n) is 7.22. The van der Waals surface area contributed by atoms with E-state index in [9.17, 15) is 0 Å². The number of benzene rings is 7. The fraction of sp³-hybridized carbons (Fsp3) is 0. The second kappa shape index (κ2) is 12.9. The fourth-order valence-corrected chi connectivity index (χ4v) is 7.22. The molecule has 0 aliphatic rings. The molecule has 56 heavy (non-hydrogen) atoms. The molecule has 0 unspecified atom stereocenters. The molecular weight excluding hydrogens is 693 g/mol. The Labute approximate surface area is 319 Å². The lowest BCUT2D eigenvalue weighted by Gasteiger charge is -2.08. The minimum absolute atomic E-state index is 0.579. The van der Waals surface area contributed by atoms with Crippen LogP contribution in [0.3, 0.4) is 0 Å². The van der Waals surface area contributed by atoms with Gasteiger partial charge in [-0.3, -0.25) is 0 Å². The van der Waals surface area contributed by atoms with E-state index in [-0.39, 0.29) is 0 Å². The predicted octanol–water partition coefficient (Wildman–Crippen LogP) is 11.9. The summed E-state index contributed by atoms with van der Waals surface area (Å²) in [6, 6.07) is 56.2. The van der Waals surface area contributed by atoms with Gasteiger partial charge in [0.05, 0.1) is 0 Å². The number of rotatable bonds is 6. The molecule has 4 aromatic heterocycles. The Hall–Kier alpha value is -7.84. The first-order chi connectivity index (χ1) is 27.7. The Morgan fingerprint density at radius 2 is 0.536 bits per heavy atom. The van der Waals surface area contributed by atoms with Gasteiger partial charge in [0.1, 0.15) is 11.2 Å². The third-order valence-electron chi connectivity index (χ3n) is 9.99. The molecule has 0 bridgehead atoms. The molecule has 0 amide bonds. The standard InChI is InChI=1S/C48H28N6O2/c1-5-13-29(14-6-1)43-49-44(30-15-7-2-8-16-30)52-47(51-43)33-21-25-39-37(27-33)35-23-24-36-38-28-34(22-26-40(38)56-42(36)41(35)55-39)48-53-45(31-17-9-3-10-18-31)50-46(54-48)32-19-11-4-12-20-32/h1-28H. The number of fused-ring (bicyclic) bond motifs is 7. The van der Waals surface area contributed by atoms with Crippen molar-refractivity contribution in [2.45, 2.75) is 0 Å². The summed E-state index contributed by atoms with van der Waals surface area (Å²) < 4.78 is 13.1. The lowest BCUT2D eigenvalue weighted by atomic mass is 10.1. The summed E-state index contributed by atoms with van der Waals surface area (Å²) in [6.45, 7) is 0. The first-order valence-electron chi connectivity index (χ1n) is 18.3. The number of nitrogens with zero attached hydrogens (tertiary/aromatic N) is 6. The Morgan fingerprint density at radius 3 is 0.839 bits per heavy atom. The van der Waals surface area contributed by atoms with Crippen molar-refractivity contribution in [2.24, 2.45) is 0 Å². The van der Waals surface area contributed by atoms with Crippen LogP contribution in [0.1, 0.15) is 0 Å². The van der Waals surface area contributed by atoms with Gasteiger partial charge in [-0.25, -0.2) is 29.9 Å². The third kappa shape index (κ3) is 5.47. The Morgan fingerprint density at radius 1 is 0.250 bits per heavy atom. The monoisotopic (exact) mass is 720 g/mol. The summed E-state index contributed by atoms with van der Waals surface area (Å²) in [5.74, 6) is 3.60. The molecule has 11 aromatic rings. The highest BCUT2D eigenvalue weighted by atomic mass is 16.4. The number of hydrogen-bond donors (Lipinski definition) is 0. The summed E-state index contributed by atoms with van der Waals surface area (Å²) in [5.41, 5.74) is 8.22. The maximum Gasteiger partial charge on any atom is 0.178 e. The van der Waals surface area contributed by atoms with Crippen molar-refractivity contribution in [1.82, 2.24) is 29.9 Å². The minimum Gasteiger partial charge on any atom is -0.452 e. The van der Waals surface area contributed by atoms with Crippen LogP contribution in [0, 0.1) is 0 Å². The quantitative estimate of drug-likeness (QED) is 0.167. The summed E-state index contributed by atoms with van der Waals surface area (Å²) >= 11 is 0. The predicted molar refractivity (Wildman–Crippen MR) is 220 cm³/mol. The molecular formula is C48H28N6O2. The zero-order chi connectivity index (χ0) is 37.0. The van der Waals surface area contributed by atoms with Gasteiger partial charge < -0.3 is 8.83 Å². The van der Waals surface area contributed by atoms with Gasteiger partial charge in [0.25, 0.3) is 0 Å². The Balaban J connectivity index is 1.03. The maximum atomic E-state index is 6.54. The molecule has 8 heteroatoms. The van der Waals surface area contributed by atoms with E-state index in [0.29, 0.717) is 46.1 Å². The lowest BCUT2D eigenvalue weighted by Crippen LogP contribution is -2.00. The highest BCUT2D eigenvalue weighted by Gasteiger charge is 2.20. The van der Waals surface area contributed by atoms with E-state index in [1.807, 2.05) is 146 Å². The molecule has 8 nitrogen and oxygen atoms in total. The average molecular weight is 721 g/mol. The first kappa shape index (κ1) is 31.7. The number of hydrogen-bond acceptors (Lipinski definition) is 8. The van der Waals surface area contributed by atoms with E-state index in [4.69, 9.17) is 38.7 Å². The van der Waals surface area contributed by atoms with Crippen LogP contribution in [0.25, 0.3) is 112 Å². The number of aromatic nitrogens is 6. The van der Waals surface area contributed by atoms with Crippen LogP contribution in [0.4, 0.5) is 0 Å². The molecule has 11 rings (SSSR count). The van der Waals surface area contributed by atoms with Gasteiger partial charge >= 0.3 is 0 Å². The molecule has 4 heterocycles. The van der Waals surface area contributed by atoms with Crippen LogP contribution in [0.2, 0.25) is 0 Å². The molecule has 0 atom stereocenters. The van der Waals surface area contributed by atoms with E-state index >= 15 is 0 Å². The largest absolute Gasteiger partial charge is 0.452 e. The molecule has 0 saturated carbocycles. The summed E-state index contributed by atoms with van der Waals surface area (Å²) in [7, 11) is 0. The second-order valence-corrected chi connectivity index (χ2v) is 13.5. The van der Waals surface area contributed by atoms with Crippen molar-refractivity contribution in [3.63, 3.8) is 0 Å². The van der Waals surface area contributed by atoms with Crippen molar-refractivity contribution in [2.75, 3.05) is 0 Å².